The number of nitrogens with zero attached hydrogens (tertiary/aromatic N) is 1. The van der Waals surface area contributed by atoms with Gasteiger partial charge in [-0.3, -0.25) is 19.2 Å². The number of likely N-dealkylation sites (tertiary alicyclic amines) is 1. The van der Waals surface area contributed by atoms with E-state index in [1.54, 1.807) is 25.1 Å². The molecule has 0 radical (unpaired) electrons. The Bertz CT molecular complexity index is 1150. The van der Waals surface area contributed by atoms with Gasteiger partial charge >= 0.3 is 0 Å². The molecule has 1 saturated heterocycles. The molecule has 2 aliphatic rings. The van der Waals surface area contributed by atoms with Crippen molar-refractivity contribution < 1.29 is 18.0 Å². The zero-order valence-electron chi connectivity index (χ0n) is 18.8. The van der Waals surface area contributed by atoms with Crippen molar-refractivity contribution in [2.24, 2.45) is 11.8 Å². The average molecular weight is 455 g/mol. The highest BCUT2D eigenvalue weighted by Crippen LogP contribution is 2.38. The molecule has 32 heavy (non-hydrogen) atoms. The summed E-state index contributed by atoms with van der Waals surface area (Å²) in [6.45, 7) is 5.72. The van der Waals surface area contributed by atoms with Gasteiger partial charge < -0.3 is 0 Å². The molecular weight excluding hydrogens is 424 g/mol. The van der Waals surface area contributed by atoms with E-state index in [1.165, 1.54) is 4.90 Å². The third-order valence-corrected chi connectivity index (χ3v) is 8.28. The van der Waals surface area contributed by atoms with E-state index in [1.807, 2.05) is 32.0 Å². The topological polar surface area (TPSA) is 83.6 Å². The number of hydrogen-bond acceptors (Lipinski definition) is 4. The number of hydrogen-bond donors (Lipinski definition) is 1. The first kappa shape index (κ1) is 22.5. The fourth-order valence-electron chi connectivity index (χ4n) is 4.96. The molecule has 1 heterocycles. The number of benzene rings is 2. The van der Waals surface area contributed by atoms with E-state index in [2.05, 4.69) is 4.72 Å². The molecule has 2 fully saturated rings. The molecule has 2 aromatic rings. The van der Waals surface area contributed by atoms with Crippen molar-refractivity contribution in [2.75, 3.05) is 4.72 Å². The zero-order valence-corrected chi connectivity index (χ0v) is 19.7. The Morgan fingerprint density at radius 2 is 1.62 bits per heavy atom. The number of sulfonamides is 1. The van der Waals surface area contributed by atoms with Crippen LogP contribution in [0, 0.1) is 25.7 Å². The van der Waals surface area contributed by atoms with Crippen LogP contribution >= 0.6 is 0 Å². The molecule has 0 aromatic heterocycles. The van der Waals surface area contributed by atoms with Gasteiger partial charge in [0.1, 0.15) is 0 Å². The predicted octanol–water partition coefficient (Wildman–Crippen LogP) is 4.34. The molecule has 2 atom stereocenters. The van der Waals surface area contributed by atoms with Crippen molar-refractivity contribution in [1.29, 1.82) is 0 Å². The van der Waals surface area contributed by atoms with Crippen LogP contribution in [0.25, 0.3) is 0 Å². The normalized spacial score (nSPS) is 21.0. The molecule has 6 nitrogen and oxygen atoms in total. The smallest absolute Gasteiger partial charge is 0.262 e. The largest absolute Gasteiger partial charge is 0.279 e. The number of nitrogens with one attached hydrogen (secondary N) is 1. The first-order valence-electron chi connectivity index (χ1n) is 11.3. The van der Waals surface area contributed by atoms with E-state index in [0.29, 0.717) is 23.2 Å². The minimum Gasteiger partial charge on any atom is -0.279 e. The molecule has 2 aromatic carbocycles. The van der Waals surface area contributed by atoms with Crippen LogP contribution in [0.5, 0.6) is 0 Å². The summed E-state index contributed by atoms with van der Waals surface area (Å²) >= 11 is 0. The monoisotopic (exact) mass is 454 g/mol. The SMILES string of the molecule is CCc1cccc(C)c1NS(=O)(=O)c1cc(CN2C(=O)[C@H]3CCCC[C@H]3C2=O)ccc1C. The van der Waals surface area contributed by atoms with Crippen LogP contribution in [0.1, 0.15) is 54.9 Å². The average Bonchev–Trinajstić information content (AvgIpc) is 3.01. The molecule has 170 valence electrons. The van der Waals surface area contributed by atoms with Gasteiger partial charge in [-0.05, 0) is 61.4 Å². The van der Waals surface area contributed by atoms with Gasteiger partial charge in [-0.2, -0.15) is 0 Å². The highest BCUT2D eigenvalue weighted by molar-refractivity contribution is 7.92. The van der Waals surface area contributed by atoms with Gasteiger partial charge in [0.25, 0.3) is 10.0 Å². The standard InChI is InChI=1S/C25H30N2O4S/c1-4-19-9-7-8-17(3)23(19)26-32(30,31)22-14-18(13-12-16(22)2)15-27-24(28)20-10-5-6-11-21(20)25(27)29/h7-9,12-14,20-21,26H,4-6,10-11,15H2,1-3H3/t20-,21+. The summed E-state index contributed by atoms with van der Waals surface area (Å²) in [6.07, 6.45) is 4.19. The third-order valence-electron chi connectivity index (χ3n) is 6.79. The van der Waals surface area contributed by atoms with E-state index < -0.39 is 10.0 Å². The van der Waals surface area contributed by atoms with Crippen LogP contribution in [-0.4, -0.2) is 25.1 Å². The van der Waals surface area contributed by atoms with E-state index in [4.69, 9.17) is 0 Å². The summed E-state index contributed by atoms with van der Waals surface area (Å²) in [5, 5.41) is 0. The lowest BCUT2D eigenvalue weighted by atomic mass is 9.81. The van der Waals surface area contributed by atoms with Crippen molar-refractivity contribution >= 4 is 27.5 Å². The molecule has 0 spiro atoms. The summed E-state index contributed by atoms with van der Waals surface area (Å²) in [4.78, 5) is 27.1. The van der Waals surface area contributed by atoms with E-state index >= 15 is 0 Å². The number of amides is 2. The molecule has 1 aliphatic heterocycles. The van der Waals surface area contributed by atoms with Gasteiger partial charge in [0.2, 0.25) is 11.8 Å². The number of rotatable bonds is 6. The molecule has 7 heteroatoms. The molecule has 2 amide bonds. The number of carbonyl (C=O) groups is 2. The highest BCUT2D eigenvalue weighted by atomic mass is 32.2. The summed E-state index contributed by atoms with van der Waals surface area (Å²) in [7, 11) is -3.84. The van der Waals surface area contributed by atoms with Crippen molar-refractivity contribution in [3.63, 3.8) is 0 Å². The Morgan fingerprint density at radius 3 is 2.25 bits per heavy atom. The van der Waals surface area contributed by atoms with Crippen molar-refractivity contribution in [3.8, 4) is 0 Å². The lowest BCUT2D eigenvalue weighted by Gasteiger charge is -2.19. The molecule has 4 rings (SSSR count). The quantitative estimate of drug-likeness (QED) is 0.658. The summed E-state index contributed by atoms with van der Waals surface area (Å²) in [5.74, 6) is -0.647. The Kier molecular flexibility index (Phi) is 6.12. The Morgan fingerprint density at radius 1 is 0.969 bits per heavy atom. The number of imide groups is 1. The maximum absolute atomic E-state index is 13.3. The summed E-state index contributed by atoms with van der Waals surface area (Å²) in [5.41, 5.74) is 3.64. The molecule has 1 saturated carbocycles. The van der Waals surface area contributed by atoms with Crippen LogP contribution in [0.2, 0.25) is 0 Å². The maximum Gasteiger partial charge on any atom is 0.262 e. The Balaban J connectivity index is 1.62. The fourth-order valence-corrected chi connectivity index (χ4v) is 6.43. The van der Waals surface area contributed by atoms with Crippen LogP contribution in [-0.2, 0) is 32.6 Å². The number of anilines is 1. The molecule has 1 N–H and O–H groups in total. The van der Waals surface area contributed by atoms with Crippen molar-refractivity contribution in [1.82, 2.24) is 4.90 Å². The molecule has 1 aliphatic carbocycles. The van der Waals surface area contributed by atoms with Gasteiger partial charge in [-0.25, -0.2) is 8.42 Å². The maximum atomic E-state index is 13.3. The number of aryl methyl sites for hydroxylation is 3. The van der Waals surface area contributed by atoms with Gasteiger partial charge in [0.05, 0.1) is 29.0 Å². The third kappa shape index (κ3) is 4.06. The number of fused-ring (bicyclic) bond motifs is 1. The second kappa shape index (κ2) is 8.70. The van der Waals surface area contributed by atoms with Crippen molar-refractivity contribution in [3.05, 3.63) is 58.7 Å². The van der Waals surface area contributed by atoms with Crippen LogP contribution in [0.3, 0.4) is 0 Å². The number of para-hydroxylation sites is 1. The van der Waals surface area contributed by atoms with Gasteiger partial charge in [0.15, 0.2) is 0 Å². The van der Waals surface area contributed by atoms with Gasteiger partial charge in [-0.15, -0.1) is 0 Å². The zero-order chi connectivity index (χ0) is 23.0. The first-order chi connectivity index (χ1) is 15.2. The predicted molar refractivity (Wildman–Crippen MR) is 124 cm³/mol. The van der Waals surface area contributed by atoms with E-state index in [-0.39, 0.29) is 35.1 Å². The molecular formula is C25H30N2O4S. The minimum absolute atomic E-state index is 0.109. The van der Waals surface area contributed by atoms with Crippen molar-refractivity contribution in [2.45, 2.75) is 64.3 Å². The molecule has 0 bridgehead atoms. The van der Waals surface area contributed by atoms with E-state index in [0.717, 1.165) is 36.8 Å². The fraction of sp³-hybridized carbons (Fsp3) is 0.440. The molecule has 0 unspecified atom stereocenters. The second-order valence-corrected chi connectivity index (χ2v) is 10.6. The second-order valence-electron chi connectivity index (χ2n) is 8.93. The first-order valence-corrected chi connectivity index (χ1v) is 12.8. The number of carbonyl (C=O) groups excluding carboxylic acids is 2. The lowest BCUT2D eigenvalue weighted by Crippen LogP contribution is -2.30. The van der Waals surface area contributed by atoms with Gasteiger partial charge in [0, 0.05) is 0 Å². The highest BCUT2D eigenvalue weighted by Gasteiger charge is 2.47. The van der Waals surface area contributed by atoms with Crippen LogP contribution in [0.4, 0.5) is 5.69 Å². The summed E-state index contributed by atoms with van der Waals surface area (Å²) < 4.78 is 29.4. The van der Waals surface area contributed by atoms with Crippen LogP contribution in [0.15, 0.2) is 41.3 Å². The Labute approximate surface area is 190 Å². The Hall–Kier alpha value is -2.67. The van der Waals surface area contributed by atoms with E-state index in [9.17, 15) is 18.0 Å². The van der Waals surface area contributed by atoms with Gasteiger partial charge in [-0.1, -0.05) is 50.1 Å². The minimum atomic E-state index is -3.84. The van der Waals surface area contributed by atoms with Crippen LogP contribution < -0.4 is 4.72 Å². The summed E-state index contributed by atoms with van der Waals surface area (Å²) in [6, 6.07) is 10.8. The lowest BCUT2D eigenvalue weighted by molar-refractivity contribution is -0.140.